The summed E-state index contributed by atoms with van der Waals surface area (Å²) in [5, 5.41) is 0. The van der Waals surface area contributed by atoms with Gasteiger partial charge in [-0.25, -0.2) is 0 Å². The van der Waals surface area contributed by atoms with E-state index in [0.717, 1.165) is 12.8 Å². The minimum atomic E-state index is 0.267. The summed E-state index contributed by atoms with van der Waals surface area (Å²) in [5.74, 6) is 0.267. The fraction of sp³-hybridized carbons (Fsp3) is 0.351. The lowest BCUT2D eigenvalue weighted by molar-refractivity contribution is 0.877. The average Bonchev–Trinajstić information content (AvgIpc) is 2.89. The third kappa shape index (κ3) is 4.77. The molecule has 38 heavy (non-hydrogen) atoms. The minimum Gasteiger partial charge on any atom is -0.0667 e. The van der Waals surface area contributed by atoms with Gasteiger partial charge in [0.15, 0.2) is 0 Å². The third-order valence-corrected chi connectivity index (χ3v) is 8.54. The van der Waals surface area contributed by atoms with Crippen LogP contribution in [0.4, 0.5) is 0 Å². The minimum absolute atomic E-state index is 0.267. The van der Waals surface area contributed by atoms with E-state index in [1.54, 1.807) is 16.6 Å². The second-order valence-corrected chi connectivity index (χ2v) is 11.5. The molecule has 0 nitrogen and oxygen atoms in total. The van der Waals surface area contributed by atoms with Crippen LogP contribution in [0.15, 0.2) is 72.8 Å². The Labute approximate surface area is 231 Å². The molecule has 0 amide bonds. The van der Waals surface area contributed by atoms with Gasteiger partial charge in [-0.1, -0.05) is 146 Å². The Balaban J connectivity index is 1.82. The summed E-state index contributed by atoms with van der Waals surface area (Å²) < 4.78 is 0. The van der Waals surface area contributed by atoms with Crippen LogP contribution in [0.25, 0.3) is 0 Å². The van der Waals surface area contributed by atoms with Crippen molar-refractivity contribution in [2.45, 2.75) is 86.0 Å². The highest BCUT2D eigenvalue weighted by atomic mass is 14.3. The molecule has 1 heteroatoms. The zero-order chi connectivity index (χ0) is 26.8. The zero-order valence-electron chi connectivity index (χ0n) is 24.3. The number of aryl methyl sites for hydroxylation is 6. The molecule has 0 unspecified atom stereocenters. The van der Waals surface area contributed by atoms with Crippen molar-refractivity contribution in [2.75, 3.05) is 0 Å². The highest BCUT2D eigenvalue weighted by Crippen LogP contribution is 2.37. The van der Waals surface area contributed by atoms with E-state index >= 15 is 0 Å². The summed E-state index contributed by atoms with van der Waals surface area (Å²) in [5.41, 5.74) is 17.8. The molecule has 0 aliphatic carbocycles. The van der Waals surface area contributed by atoms with Crippen molar-refractivity contribution in [1.82, 2.24) is 0 Å². The van der Waals surface area contributed by atoms with Gasteiger partial charge in [0.25, 0.3) is 0 Å². The Kier molecular flexibility index (Phi) is 7.94. The highest BCUT2D eigenvalue weighted by Gasteiger charge is 2.38. The molecule has 4 aromatic carbocycles. The molecule has 1 aliphatic heterocycles. The van der Waals surface area contributed by atoms with E-state index in [-0.39, 0.29) is 12.6 Å². The molecule has 1 aliphatic rings. The van der Waals surface area contributed by atoms with Gasteiger partial charge in [-0.3, -0.25) is 0 Å². The Hall–Kier alpha value is -3.06. The number of benzene rings is 4. The summed E-state index contributed by atoms with van der Waals surface area (Å²) in [6.07, 6.45) is 7.00. The van der Waals surface area contributed by atoms with Crippen LogP contribution in [-0.2, 0) is 19.3 Å². The molecule has 0 spiro atoms. The van der Waals surface area contributed by atoms with E-state index < -0.39 is 0 Å². The fourth-order valence-electron chi connectivity index (χ4n) is 7.28. The summed E-state index contributed by atoms with van der Waals surface area (Å²) in [6, 6.07) is 28.5. The molecular formula is C37H43B. The van der Waals surface area contributed by atoms with Gasteiger partial charge in [-0.2, -0.15) is 0 Å². The Morgan fingerprint density at radius 2 is 1.08 bits per heavy atom. The fourth-order valence-corrected chi connectivity index (χ4v) is 7.28. The lowest BCUT2D eigenvalue weighted by Crippen LogP contribution is -2.59. The third-order valence-electron chi connectivity index (χ3n) is 8.54. The van der Waals surface area contributed by atoms with Crippen LogP contribution < -0.4 is 16.4 Å². The van der Waals surface area contributed by atoms with Gasteiger partial charge in [0.1, 0.15) is 0 Å². The van der Waals surface area contributed by atoms with Crippen molar-refractivity contribution in [3.8, 4) is 0 Å². The normalized spacial score (nSPS) is 12.9. The first-order chi connectivity index (χ1) is 18.5. The number of rotatable bonds is 8. The molecular weight excluding hydrogens is 455 g/mol. The predicted molar refractivity (Wildman–Crippen MR) is 168 cm³/mol. The molecule has 0 radical (unpaired) electrons. The van der Waals surface area contributed by atoms with Crippen LogP contribution in [0.5, 0.6) is 0 Å². The second kappa shape index (κ2) is 11.4. The van der Waals surface area contributed by atoms with Gasteiger partial charge in [0, 0.05) is 5.92 Å². The number of hydrogen-bond donors (Lipinski definition) is 0. The number of fused-ring (bicyclic) bond motifs is 2. The lowest BCUT2D eigenvalue weighted by atomic mass is 9.31. The van der Waals surface area contributed by atoms with Crippen LogP contribution in [0.3, 0.4) is 0 Å². The smallest absolute Gasteiger partial charge is 0.0667 e. The van der Waals surface area contributed by atoms with Gasteiger partial charge >= 0.3 is 0 Å². The van der Waals surface area contributed by atoms with E-state index in [9.17, 15) is 0 Å². The summed E-state index contributed by atoms with van der Waals surface area (Å²) in [7, 11) is 0. The molecule has 5 rings (SSSR count). The summed E-state index contributed by atoms with van der Waals surface area (Å²) in [6.45, 7) is 14.1. The molecule has 194 valence electrons. The topological polar surface area (TPSA) is 0 Å². The van der Waals surface area contributed by atoms with Crippen LogP contribution in [0.2, 0.25) is 0 Å². The Bertz CT molecular complexity index is 1350. The highest BCUT2D eigenvalue weighted by molar-refractivity contribution is 6.97. The van der Waals surface area contributed by atoms with Crippen LogP contribution >= 0.6 is 0 Å². The van der Waals surface area contributed by atoms with Gasteiger partial charge < -0.3 is 0 Å². The predicted octanol–water partition coefficient (Wildman–Crippen LogP) is 7.48. The first-order valence-corrected chi connectivity index (χ1v) is 14.9. The largest absolute Gasteiger partial charge is 0.242 e. The van der Waals surface area contributed by atoms with Crippen molar-refractivity contribution in [3.63, 3.8) is 0 Å². The van der Waals surface area contributed by atoms with E-state index in [4.69, 9.17) is 0 Å². The molecule has 0 saturated heterocycles. The van der Waals surface area contributed by atoms with Crippen molar-refractivity contribution >= 4 is 23.1 Å². The molecule has 0 atom stereocenters. The maximum atomic E-state index is 2.55. The van der Waals surface area contributed by atoms with Gasteiger partial charge in [0.05, 0.1) is 0 Å². The molecule has 0 saturated carbocycles. The van der Waals surface area contributed by atoms with Crippen molar-refractivity contribution in [1.29, 1.82) is 0 Å². The maximum absolute atomic E-state index is 2.55. The zero-order valence-corrected chi connectivity index (χ0v) is 24.3. The number of hydrogen-bond acceptors (Lipinski definition) is 0. The molecule has 0 fully saturated rings. The van der Waals surface area contributed by atoms with Crippen molar-refractivity contribution < 1.29 is 0 Å². The monoisotopic (exact) mass is 498 g/mol. The first kappa shape index (κ1) is 26.5. The van der Waals surface area contributed by atoms with E-state index in [1.807, 2.05) is 0 Å². The van der Waals surface area contributed by atoms with E-state index in [0.29, 0.717) is 0 Å². The van der Waals surface area contributed by atoms with E-state index in [1.165, 1.54) is 75.6 Å². The van der Waals surface area contributed by atoms with E-state index in [2.05, 4.69) is 114 Å². The van der Waals surface area contributed by atoms with Crippen LogP contribution in [-0.4, -0.2) is 6.71 Å². The van der Waals surface area contributed by atoms with Crippen molar-refractivity contribution in [3.05, 3.63) is 123 Å². The molecule has 1 heterocycles. The molecule has 0 bridgehead atoms. The SMILES string of the molecule is CCCc1cc(CCC)c(B2c3ccccc3C(c3c(C)cc(C)cc3C)c3ccccc32)c(CCC)c1. The van der Waals surface area contributed by atoms with Crippen LogP contribution in [0.1, 0.15) is 96.0 Å². The van der Waals surface area contributed by atoms with Gasteiger partial charge in [-0.15, -0.1) is 0 Å². The van der Waals surface area contributed by atoms with Gasteiger partial charge in [-0.05, 0) is 73.4 Å². The van der Waals surface area contributed by atoms with Crippen LogP contribution in [0, 0.1) is 20.8 Å². The quantitative estimate of drug-likeness (QED) is 0.195. The standard InChI is InChI=1S/C37H43B/c1-7-14-28-23-29(15-8-2)37(30(24-28)16-9-3)38-33-19-12-10-17-31(33)36(32-18-11-13-20-34(32)38)35-26(5)21-25(4)22-27(35)6/h10-13,17-24,36H,7-9,14-16H2,1-6H3. The second-order valence-electron chi connectivity index (χ2n) is 11.5. The summed E-state index contributed by atoms with van der Waals surface area (Å²) in [4.78, 5) is 0. The summed E-state index contributed by atoms with van der Waals surface area (Å²) >= 11 is 0. The van der Waals surface area contributed by atoms with Crippen molar-refractivity contribution in [2.24, 2.45) is 0 Å². The molecule has 4 aromatic rings. The molecule has 0 aromatic heterocycles. The Morgan fingerprint density at radius 3 is 1.55 bits per heavy atom. The Morgan fingerprint density at radius 1 is 0.605 bits per heavy atom. The first-order valence-electron chi connectivity index (χ1n) is 14.9. The molecule has 0 N–H and O–H groups in total. The average molecular weight is 499 g/mol. The maximum Gasteiger partial charge on any atom is 0.242 e. The van der Waals surface area contributed by atoms with Gasteiger partial charge in [0.2, 0.25) is 6.71 Å². The lowest BCUT2D eigenvalue weighted by Gasteiger charge is -2.36.